The molecule has 32 heavy (non-hydrogen) atoms. The highest BCUT2D eigenvalue weighted by atomic mass is 16.5. The van der Waals surface area contributed by atoms with Gasteiger partial charge in [-0.25, -0.2) is 0 Å². The summed E-state index contributed by atoms with van der Waals surface area (Å²) in [5.41, 5.74) is 4.11. The Morgan fingerprint density at radius 3 is 2.00 bits per heavy atom. The first-order valence-corrected chi connectivity index (χ1v) is 11.4. The molecule has 0 saturated carbocycles. The van der Waals surface area contributed by atoms with Crippen LogP contribution >= 0.6 is 0 Å². The van der Waals surface area contributed by atoms with E-state index in [0.717, 1.165) is 11.3 Å². The summed E-state index contributed by atoms with van der Waals surface area (Å²) in [5, 5.41) is 2.47. The van der Waals surface area contributed by atoms with E-state index >= 15 is 0 Å². The SMILES string of the molecule is BC1CN(C(=O)c2ccc(-n3c4ccccc4c4ccccc43)cc2)CC(C(C)(C)C)O1. The van der Waals surface area contributed by atoms with Crippen LogP contribution < -0.4 is 0 Å². The molecule has 3 aromatic carbocycles. The van der Waals surface area contributed by atoms with Gasteiger partial charge in [0.1, 0.15) is 7.85 Å². The molecule has 0 N–H and O–H groups in total. The van der Waals surface area contributed by atoms with Crippen LogP contribution in [0.25, 0.3) is 27.5 Å². The van der Waals surface area contributed by atoms with Gasteiger partial charge in [0.15, 0.2) is 0 Å². The molecule has 1 amide bonds. The zero-order valence-corrected chi connectivity index (χ0v) is 19.2. The number of carbonyl (C=O) groups excluding carboxylic acids is 1. The second-order valence-corrected chi connectivity index (χ2v) is 9.93. The molecule has 4 aromatic rings. The molecule has 1 saturated heterocycles. The Hall–Kier alpha value is -3.05. The molecule has 1 aliphatic heterocycles. The highest BCUT2D eigenvalue weighted by Gasteiger charge is 2.35. The van der Waals surface area contributed by atoms with Crippen LogP contribution in [0.15, 0.2) is 72.8 Å². The molecule has 0 aliphatic carbocycles. The summed E-state index contributed by atoms with van der Waals surface area (Å²) in [6.07, 6.45) is 0.0343. The Morgan fingerprint density at radius 2 is 1.44 bits per heavy atom. The number of morpholine rings is 1. The number of hydrogen-bond donors (Lipinski definition) is 0. The van der Waals surface area contributed by atoms with E-state index in [-0.39, 0.29) is 23.4 Å². The Balaban J connectivity index is 1.48. The van der Waals surface area contributed by atoms with Crippen molar-refractivity contribution in [2.45, 2.75) is 32.9 Å². The van der Waals surface area contributed by atoms with Crippen LogP contribution in [0.3, 0.4) is 0 Å². The monoisotopic (exact) mass is 424 g/mol. The summed E-state index contributed by atoms with van der Waals surface area (Å²) in [4.78, 5) is 15.2. The first-order chi connectivity index (χ1) is 15.3. The molecule has 2 atom stereocenters. The molecule has 1 aromatic heterocycles. The molecule has 1 aliphatic rings. The summed E-state index contributed by atoms with van der Waals surface area (Å²) in [5.74, 6) is 0.0724. The van der Waals surface area contributed by atoms with Gasteiger partial charge < -0.3 is 14.2 Å². The highest BCUT2D eigenvalue weighted by Crippen LogP contribution is 2.32. The maximum absolute atomic E-state index is 13.3. The number of hydrogen-bond acceptors (Lipinski definition) is 2. The van der Waals surface area contributed by atoms with Crippen LogP contribution in [0.2, 0.25) is 0 Å². The number of fused-ring (bicyclic) bond motifs is 3. The van der Waals surface area contributed by atoms with Gasteiger partial charge in [-0.2, -0.15) is 0 Å². The second-order valence-electron chi connectivity index (χ2n) is 9.93. The number of nitrogens with zero attached hydrogens (tertiary/aromatic N) is 2. The fraction of sp³-hybridized carbons (Fsp3) is 0.296. The Morgan fingerprint density at radius 1 is 0.875 bits per heavy atom. The van der Waals surface area contributed by atoms with Crippen molar-refractivity contribution in [2.24, 2.45) is 5.41 Å². The number of carbonyl (C=O) groups is 1. The molecule has 5 heteroatoms. The van der Waals surface area contributed by atoms with Gasteiger partial charge in [0.05, 0.1) is 17.1 Å². The minimum atomic E-state index is -0.00635. The van der Waals surface area contributed by atoms with Gasteiger partial charge in [-0.15, -0.1) is 0 Å². The zero-order valence-electron chi connectivity index (χ0n) is 19.2. The summed E-state index contributed by atoms with van der Waals surface area (Å²) < 4.78 is 8.39. The standard InChI is InChI=1S/C27H29BN2O2/c1-27(2,3)24-16-29(17-25(28)32-24)26(31)18-12-14-19(15-13-18)30-22-10-6-4-8-20(22)21-9-5-7-11-23(21)30/h4-15,24-25H,16-17,28H2,1-3H3. The quantitative estimate of drug-likeness (QED) is 0.440. The maximum Gasteiger partial charge on any atom is 0.254 e. The van der Waals surface area contributed by atoms with Crippen molar-refractivity contribution in [3.8, 4) is 5.69 Å². The second kappa shape index (κ2) is 7.82. The van der Waals surface area contributed by atoms with E-state index in [0.29, 0.717) is 13.1 Å². The molecule has 162 valence electrons. The lowest BCUT2D eigenvalue weighted by Crippen LogP contribution is -2.54. The van der Waals surface area contributed by atoms with E-state index in [2.05, 4.69) is 86.0 Å². The molecule has 0 bridgehead atoms. The smallest absolute Gasteiger partial charge is 0.254 e. The Kier molecular flexibility index (Phi) is 5.09. The molecule has 2 unspecified atom stereocenters. The number of rotatable bonds is 2. The number of ether oxygens (including phenoxy) is 1. The third-order valence-corrected chi connectivity index (χ3v) is 6.47. The molecule has 5 rings (SSSR count). The summed E-state index contributed by atoms with van der Waals surface area (Å²) in [6, 6.07) is 25.0. The predicted octanol–water partition coefficient (Wildman–Crippen LogP) is 4.63. The van der Waals surface area contributed by atoms with Crippen LogP contribution in [-0.4, -0.2) is 48.4 Å². The van der Waals surface area contributed by atoms with Crippen LogP contribution in [0, 0.1) is 5.41 Å². The third kappa shape index (κ3) is 3.61. The predicted molar refractivity (Wildman–Crippen MR) is 133 cm³/mol. The fourth-order valence-corrected chi connectivity index (χ4v) is 4.73. The topological polar surface area (TPSA) is 34.5 Å². The maximum atomic E-state index is 13.3. The average Bonchev–Trinajstić information content (AvgIpc) is 3.12. The van der Waals surface area contributed by atoms with Gasteiger partial charge in [0.25, 0.3) is 5.91 Å². The number of para-hydroxylation sites is 2. The average molecular weight is 424 g/mol. The summed E-state index contributed by atoms with van der Waals surface area (Å²) >= 11 is 0. The van der Waals surface area contributed by atoms with Gasteiger partial charge in [-0.1, -0.05) is 57.2 Å². The largest absolute Gasteiger partial charge is 0.380 e. The van der Waals surface area contributed by atoms with Gasteiger partial charge in [-0.3, -0.25) is 4.79 Å². The van der Waals surface area contributed by atoms with E-state index in [4.69, 9.17) is 4.74 Å². The number of amides is 1. The van der Waals surface area contributed by atoms with Crippen molar-refractivity contribution in [3.63, 3.8) is 0 Å². The van der Waals surface area contributed by atoms with E-state index in [1.807, 2.05) is 24.9 Å². The molecule has 0 radical (unpaired) electrons. The van der Waals surface area contributed by atoms with Crippen LogP contribution in [0.1, 0.15) is 31.1 Å². The lowest BCUT2D eigenvalue weighted by Gasteiger charge is -2.42. The van der Waals surface area contributed by atoms with Gasteiger partial charge >= 0.3 is 0 Å². The van der Waals surface area contributed by atoms with E-state index in [9.17, 15) is 4.79 Å². The molecular weight excluding hydrogens is 395 g/mol. The summed E-state index contributed by atoms with van der Waals surface area (Å²) in [7, 11) is 2.05. The van der Waals surface area contributed by atoms with Crippen LogP contribution in [0.5, 0.6) is 0 Å². The van der Waals surface area contributed by atoms with Crippen molar-refractivity contribution in [1.29, 1.82) is 0 Å². The van der Waals surface area contributed by atoms with Crippen molar-refractivity contribution >= 4 is 35.6 Å². The molecular formula is C27H29BN2O2. The lowest BCUT2D eigenvalue weighted by atomic mass is 9.85. The van der Waals surface area contributed by atoms with Crippen LogP contribution in [0.4, 0.5) is 0 Å². The molecule has 0 spiro atoms. The zero-order chi connectivity index (χ0) is 22.5. The van der Waals surface area contributed by atoms with Crippen LogP contribution in [-0.2, 0) is 4.74 Å². The molecule has 1 fully saturated rings. The number of benzene rings is 3. The Bertz CT molecular complexity index is 1230. The van der Waals surface area contributed by atoms with E-state index in [1.165, 1.54) is 21.8 Å². The highest BCUT2D eigenvalue weighted by molar-refractivity contribution is 6.11. The van der Waals surface area contributed by atoms with Crippen molar-refractivity contribution in [2.75, 3.05) is 13.1 Å². The Labute approximate surface area is 190 Å². The van der Waals surface area contributed by atoms with E-state index in [1.54, 1.807) is 0 Å². The van der Waals surface area contributed by atoms with Crippen molar-refractivity contribution in [3.05, 3.63) is 78.4 Å². The molecule has 2 heterocycles. The van der Waals surface area contributed by atoms with Crippen molar-refractivity contribution in [1.82, 2.24) is 9.47 Å². The van der Waals surface area contributed by atoms with Gasteiger partial charge in [-0.05, 0) is 41.8 Å². The van der Waals surface area contributed by atoms with Gasteiger partial charge in [0.2, 0.25) is 0 Å². The first kappa shape index (κ1) is 20.8. The normalized spacial score (nSPS) is 19.5. The van der Waals surface area contributed by atoms with Crippen molar-refractivity contribution < 1.29 is 9.53 Å². The van der Waals surface area contributed by atoms with E-state index < -0.39 is 0 Å². The number of aromatic nitrogens is 1. The van der Waals surface area contributed by atoms with Gasteiger partial charge in [0, 0.05) is 41.1 Å². The minimum absolute atomic E-state index is 0.00635. The third-order valence-electron chi connectivity index (χ3n) is 6.47. The fourth-order valence-electron chi connectivity index (χ4n) is 4.73. The molecule has 4 nitrogen and oxygen atoms in total. The summed E-state index contributed by atoms with van der Waals surface area (Å²) in [6.45, 7) is 7.75. The minimum Gasteiger partial charge on any atom is -0.380 e. The first-order valence-electron chi connectivity index (χ1n) is 11.4. The lowest BCUT2D eigenvalue weighted by molar-refractivity contribution is -0.0877.